The molecule has 18 heavy (non-hydrogen) atoms. The molecular weight excluding hydrogens is 222 g/mol. The zero-order valence-electron chi connectivity index (χ0n) is 11.2. The third kappa shape index (κ3) is 1.77. The molecule has 0 spiro atoms. The topological polar surface area (TPSA) is 12.5 Å². The van der Waals surface area contributed by atoms with E-state index >= 15 is 0 Å². The van der Waals surface area contributed by atoms with Crippen LogP contribution in [0.1, 0.15) is 11.1 Å². The Morgan fingerprint density at radius 2 is 1.89 bits per heavy atom. The fourth-order valence-electron chi connectivity index (χ4n) is 2.96. The lowest BCUT2D eigenvalue weighted by Crippen LogP contribution is -2.34. The summed E-state index contributed by atoms with van der Waals surface area (Å²) in [4.78, 5) is 2.32. The van der Waals surface area contributed by atoms with Gasteiger partial charge >= 0.3 is 0 Å². The number of likely N-dealkylation sites (N-methyl/N-ethyl adjacent to an activating group) is 1. The summed E-state index contributed by atoms with van der Waals surface area (Å²) in [6, 6.07) is 11.5. The number of nitrogens with zero attached hydrogens (tertiary/aromatic N) is 1. The highest BCUT2D eigenvalue weighted by Crippen LogP contribution is 2.34. The van der Waals surface area contributed by atoms with Gasteiger partial charge in [-0.05, 0) is 61.0 Å². The maximum atomic E-state index is 5.41. The Labute approximate surface area is 108 Å². The molecule has 0 amide bonds. The van der Waals surface area contributed by atoms with Crippen LogP contribution in [0.2, 0.25) is 0 Å². The van der Waals surface area contributed by atoms with E-state index in [4.69, 9.17) is 4.74 Å². The summed E-state index contributed by atoms with van der Waals surface area (Å²) in [7, 11) is 6.07. The maximum absolute atomic E-state index is 5.41. The van der Waals surface area contributed by atoms with Gasteiger partial charge in [0, 0.05) is 6.04 Å². The minimum absolute atomic E-state index is 0.593. The average Bonchev–Trinajstić information content (AvgIpc) is 2.38. The van der Waals surface area contributed by atoms with Gasteiger partial charge in [0.1, 0.15) is 5.75 Å². The first-order valence-electron chi connectivity index (χ1n) is 6.44. The molecule has 1 aliphatic carbocycles. The molecule has 2 nitrogen and oxygen atoms in total. The Hall–Kier alpha value is -1.54. The van der Waals surface area contributed by atoms with Crippen molar-refractivity contribution in [3.05, 3.63) is 41.5 Å². The smallest absolute Gasteiger partial charge is 0.119 e. The van der Waals surface area contributed by atoms with E-state index in [-0.39, 0.29) is 0 Å². The van der Waals surface area contributed by atoms with Crippen molar-refractivity contribution in [1.29, 1.82) is 0 Å². The molecular formula is C16H19NO. The van der Waals surface area contributed by atoms with Gasteiger partial charge in [0.25, 0.3) is 0 Å². The molecule has 0 fully saturated rings. The maximum Gasteiger partial charge on any atom is 0.119 e. The van der Waals surface area contributed by atoms with Crippen molar-refractivity contribution in [1.82, 2.24) is 4.90 Å². The van der Waals surface area contributed by atoms with Crippen molar-refractivity contribution in [3.63, 3.8) is 0 Å². The second-order valence-corrected chi connectivity index (χ2v) is 5.33. The molecule has 1 atom stereocenters. The lowest BCUT2D eigenvalue weighted by molar-refractivity contribution is 0.287. The second kappa shape index (κ2) is 4.29. The van der Waals surface area contributed by atoms with Crippen molar-refractivity contribution in [3.8, 4) is 5.75 Å². The van der Waals surface area contributed by atoms with Gasteiger partial charge in [-0.1, -0.05) is 18.2 Å². The normalized spacial score (nSPS) is 18.3. The average molecular weight is 241 g/mol. The number of ether oxygens (including phenoxy) is 1. The molecule has 0 radical (unpaired) electrons. The monoisotopic (exact) mass is 241 g/mol. The van der Waals surface area contributed by atoms with Crippen LogP contribution >= 0.6 is 0 Å². The predicted octanol–water partition coefficient (Wildman–Crippen LogP) is 2.88. The number of hydrogen-bond acceptors (Lipinski definition) is 2. The summed E-state index contributed by atoms with van der Waals surface area (Å²) in [5, 5.41) is 2.75. The fourth-order valence-corrected chi connectivity index (χ4v) is 2.96. The van der Waals surface area contributed by atoms with Crippen LogP contribution in [0.3, 0.4) is 0 Å². The van der Waals surface area contributed by atoms with Crippen LogP contribution in [-0.2, 0) is 12.8 Å². The highest BCUT2D eigenvalue weighted by Gasteiger charge is 2.22. The van der Waals surface area contributed by atoms with Crippen LogP contribution in [0.25, 0.3) is 10.8 Å². The third-order valence-corrected chi connectivity index (χ3v) is 4.00. The Kier molecular flexibility index (Phi) is 2.75. The van der Waals surface area contributed by atoms with Gasteiger partial charge < -0.3 is 9.64 Å². The van der Waals surface area contributed by atoms with Crippen LogP contribution in [0.15, 0.2) is 30.3 Å². The fraction of sp³-hybridized carbons (Fsp3) is 0.375. The van der Waals surface area contributed by atoms with Gasteiger partial charge in [0.05, 0.1) is 7.11 Å². The molecule has 1 aliphatic rings. The minimum atomic E-state index is 0.593. The largest absolute Gasteiger partial charge is 0.497 e. The number of methoxy groups -OCH3 is 1. The first-order chi connectivity index (χ1) is 8.69. The van der Waals surface area contributed by atoms with Crippen LogP contribution in [-0.4, -0.2) is 32.1 Å². The summed E-state index contributed by atoms with van der Waals surface area (Å²) in [6.45, 7) is 0. The van der Waals surface area contributed by atoms with Gasteiger partial charge in [-0.25, -0.2) is 0 Å². The first-order valence-corrected chi connectivity index (χ1v) is 6.44. The minimum Gasteiger partial charge on any atom is -0.497 e. The molecule has 1 unspecified atom stereocenters. The molecule has 0 aromatic heterocycles. The van der Waals surface area contributed by atoms with Crippen LogP contribution < -0.4 is 4.74 Å². The quantitative estimate of drug-likeness (QED) is 0.801. The summed E-state index contributed by atoms with van der Waals surface area (Å²) in [6.07, 6.45) is 2.25. The summed E-state index contributed by atoms with van der Waals surface area (Å²) < 4.78 is 5.41. The molecule has 3 rings (SSSR count). The van der Waals surface area contributed by atoms with Gasteiger partial charge in [0.15, 0.2) is 0 Å². The molecule has 0 aliphatic heterocycles. The highest BCUT2D eigenvalue weighted by atomic mass is 16.5. The van der Waals surface area contributed by atoms with Crippen LogP contribution in [0.4, 0.5) is 0 Å². The van der Waals surface area contributed by atoms with Crippen molar-refractivity contribution in [2.75, 3.05) is 21.2 Å². The van der Waals surface area contributed by atoms with E-state index in [1.54, 1.807) is 7.11 Å². The van der Waals surface area contributed by atoms with E-state index < -0.39 is 0 Å². The van der Waals surface area contributed by atoms with E-state index in [0.717, 1.165) is 18.6 Å². The SMILES string of the molecule is COc1cc2c3c(cccc3c1)CC(N(C)C)C2. The standard InChI is InChI=1S/C16H19NO/c1-17(2)14-7-11-5-4-6-12-9-15(18-3)10-13(8-14)16(11)12/h4-6,9-10,14H,7-8H2,1-3H3. The third-order valence-electron chi connectivity index (χ3n) is 4.00. The molecule has 0 saturated carbocycles. The van der Waals surface area contributed by atoms with Crippen molar-refractivity contribution < 1.29 is 4.74 Å². The van der Waals surface area contributed by atoms with E-state index in [1.807, 2.05) is 0 Å². The van der Waals surface area contributed by atoms with Crippen molar-refractivity contribution in [2.45, 2.75) is 18.9 Å². The van der Waals surface area contributed by atoms with E-state index in [2.05, 4.69) is 49.3 Å². The van der Waals surface area contributed by atoms with E-state index in [9.17, 15) is 0 Å². The van der Waals surface area contributed by atoms with Crippen LogP contribution in [0.5, 0.6) is 5.75 Å². The highest BCUT2D eigenvalue weighted by molar-refractivity contribution is 5.91. The van der Waals surface area contributed by atoms with Crippen LogP contribution in [0, 0.1) is 0 Å². The first kappa shape index (κ1) is 11.5. The number of benzene rings is 2. The lowest BCUT2D eigenvalue weighted by Gasteiger charge is -2.30. The Balaban J connectivity index is 2.20. The summed E-state index contributed by atoms with van der Waals surface area (Å²) >= 11 is 0. The Morgan fingerprint density at radius 3 is 2.61 bits per heavy atom. The molecule has 94 valence electrons. The molecule has 0 N–H and O–H groups in total. The zero-order valence-corrected chi connectivity index (χ0v) is 11.2. The molecule has 0 saturated heterocycles. The lowest BCUT2D eigenvalue weighted by atomic mass is 9.85. The van der Waals surface area contributed by atoms with Crippen molar-refractivity contribution in [2.24, 2.45) is 0 Å². The zero-order chi connectivity index (χ0) is 12.7. The number of hydrogen-bond donors (Lipinski definition) is 0. The molecule has 2 aromatic rings. The van der Waals surface area contributed by atoms with E-state index in [0.29, 0.717) is 6.04 Å². The predicted molar refractivity (Wildman–Crippen MR) is 75.4 cm³/mol. The molecule has 2 heteroatoms. The number of rotatable bonds is 2. The Bertz CT molecular complexity index is 589. The molecule has 0 heterocycles. The van der Waals surface area contributed by atoms with Gasteiger partial charge in [-0.15, -0.1) is 0 Å². The van der Waals surface area contributed by atoms with Gasteiger partial charge in [-0.2, -0.15) is 0 Å². The second-order valence-electron chi connectivity index (χ2n) is 5.33. The molecule has 2 aromatic carbocycles. The van der Waals surface area contributed by atoms with E-state index in [1.165, 1.54) is 21.9 Å². The Morgan fingerprint density at radius 1 is 1.11 bits per heavy atom. The summed E-state index contributed by atoms with van der Waals surface area (Å²) in [5.41, 5.74) is 2.89. The van der Waals surface area contributed by atoms with Gasteiger partial charge in [0.2, 0.25) is 0 Å². The van der Waals surface area contributed by atoms with Gasteiger partial charge in [-0.3, -0.25) is 0 Å². The van der Waals surface area contributed by atoms with Crippen molar-refractivity contribution >= 4 is 10.8 Å². The summed E-state index contributed by atoms with van der Waals surface area (Å²) in [5.74, 6) is 0.967. The molecule has 0 bridgehead atoms.